The summed E-state index contributed by atoms with van der Waals surface area (Å²) < 4.78 is 44.3. The van der Waals surface area contributed by atoms with Gasteiger partial charge in [-0.1, -0.05) is 17.5 Å². The van der Waals surface area contributed by atoms with Crippen LogP contribution in [0.4, 0.5) is 18.9 Å². The van der Waals surface area contributed by atoms with E-state index in [1.807, 2.05) is 6.92 Å². The minimum absolute atomic E-state index is 0.0128. The third kappa shape index (κ3) is 5.38. The largest absolute Gasteiger partial charge is 0.439 e. The molecule has 0 saturated carbocycles. The average molecular weight is 396 g/mol. The number of pyridine rings is 1. The highest BCUT2D eigenvalue weighted by atomic mass is 35.5. The highest BCUT2D eigenvalue weighted by Gasteiger charge is 2.33. The molecule has 0 bridgehead atoms. The Balaban J connectivity index is 2.20. The van der Waals surface area contributed by atoms with Crippen LogP contribution in [0.3, 0.4) is 0 Å². The number of rotatable bonds is 5. The lowest BCUT2D eigenvalue weighted by atomic mass is 10.2. The summed E-state index contributed by atoms with van der Waals surface area (Å²) in [6.45, 7) is 3.57. The van der Waals surface area contributed by atoms with E-state index in [4.69, 9.17) is 22.8 Å². The van der Waals surface area contributed by atoms with E-state index in [0.717, 1.165) is 12.1 Å². The first-order valence-corrected chi connectivity index (χ1v) is 8.23. The van der Waals surface area contributed by atoms with E-state index in [9.17, 15) is 13.2 Å². The average Bonchev–Trinajstić information content (AvgIpc) is 2.61. The molecule has 0 radical (unpaired) electrons. The standard InChI is InChI=1S/C19H17ClF3N3O/c1-5-13(3)26(4)11-25-14-8-12(2)18(24-10-14)27-15-6-7-17(20)16(9-15)19(21,22)23/h1,6-11,13H,2-4H3/b25-11+. The molecule has 0 saturated heterocycles. The number of aromatic nitrogens is 1. The fourth-order valence-electron chi connectivity index (χ4n) is 2.00. The monoisotopic (exact) mass is 395 g/mol. The molecular formula is C19H17ClF3N3O. The maximum atomic E-state index is 12.9. The highest BCUT2D eigenvalue weighted by molar-refractivity contribution is 6.31. The van der Waals surface area contributed by atoms with Crippen LogP contribution in [0.25, 0.3) is 0 Å². The van der Waals surface area contributed by atoms with Gasteiger partial charge in [-0.3, -0.25) is 0 Å². The Kier molecular flexibility index (Phi) is 6.34. The Morgan fingerprint density at radius 2 is 2.07 bits per heavy atom. The number of halogens is 4. The van der Waals surface area contributed by atoms with E-state index in [1.54, 1.807) is 31.3 Å². The van der Waals surface area contributed by atoms with Crippen LogP contribution in [0.1, 0.15) is 18.1 Å². The van der Waals surface area contributed by atoms with Crippen LogP contribution in [-0.4, -0.2) is 29.3 Å². The van der Waals surface area contributed by atoms with Crippen LogP contribution in [0.5, 0.6) is 11.6 Å². The summed E-state index contributed by atoms with van der Waals surface area (Å²) in [7, 11) is 1.80. The normalized spacial score (nSPS) is 12.7. The molecule has 1 unspecified atom stereocenters. The van der Waals surface area contributed by atoms with Gasteiger partial charge in [-0.2, -0.15) is 13.2 Å². The summed E-state index contributed by atoms with van der Waals surface area (Å²) in [5.74, 6) is 2.74. The molecule has 8 heteroatoms. The molecule has 27 heavy (non-hydrogen) atoms. The van der Waals surface area contributed by atoms with Crippen molar-refractivity contribution < 1.29 is 17.9 Å². The van der Waals surface area contributed by atoms with Crippen LogP contribution in [-0.2, 0) is 6.18 Å². The molecule has 0 amide bonds. The lowest BCUT2D eigenvalue weighted by Crippen LogP contribution is -2.25. The second kappa shape index (κ2) is 8.31. The first kappa shape index (κ1) is 20.6. The fraction of sp³-hybridized carbons (Fsp3) is 0.263. The third-order valence-electron chi connectivity index (χ3n) is 3.71. The van der Waals surface area contributed by atoms with Gasteiger partial charge in [0.05, 0.1) is 34.9 Å². The Hall–Kier alpha value is -2.72. The molecule has 2 rings (SSSR count). The van der Waals surface area contributed by atoms with Gasteiger partial charge in [0.15, 0.2) is 0 Å². The second-order valence-corrected chi connectivity index (χ2v) is 6.22. The fourth-order valence-corrected chi connectivity index (χ4v) is 2.22. The quantitative estimate of drug-likeness (QED) is 0.383. The molecule has 1 heterocycles. The SMILES string of the molecule is C#CC(C)N(C)/C=N/c1cnc(Oc2ccc(Cl)c(C(F)(F)F)c2)c(C)c1. The number of nitrogens with zero attached hydrogens (tertiary/aromatic N) is 3. The lowest BCUT2D eigenvalue weighted by molar-refractivity contribution is -0.137. The van der Waals surface area contributed by atoms with Gasteiger partial charge >= 0.3 is 6.18 Å². The summed E-state index contributed by atoms with van der Waals surface area (Å²) >= 11 is 5.61. The zero-order chi connectivity index (χ0) is 20.2. The molecule has 1 aromatic carbocycles. The Morgan fingerprint density at radius 1 is 1.37 bits per heavy atom. The van der Waals surface area contributed by atoms with Gasteiger partial charge in [-0.25, -0.2) is 9.98 Å². The molecule has 0 fully saturated rings. The van der Waals surface area contributed by atoms with Gasteiger partial charge in [0, 0.05) is 12.6 Å². The Bertz CT molecular complexity index is 891. The summed E-state index contributed by atoms with van der Waals surface area (Å²) in [5.41, 5.74) is 0.204. The van der Waals surface area contributed by atoms with Crippen LogP contribution < -0.4 is 4.74 Å². The van der Waals surface area contributed by atoms with E-state index in [2.05, 4.69) is 15.9 Å². The molecule has 0 aliphatic rings. The van der Waals surface area contributed by atoms with Crippen molar-refractivity contribution >= 4 is 23.6 Å². The number of aryl methyl sites for hydroxylation is 1. The number of hydrogen-bond acceptors (Lipinski definition) is 3. The summed E-state index contributed by atoms with van der Waals surface area (Å²) in [4.78, 5) is 10.1. The molecule has 1 atom stereocenters. The number of terminal acetylenes is 1. The smallest absolute Gasteiger partial charge is 0.417 e. The first-order valence-electron chi connectivity index (χ1n) is 7.85. The van der Waals surface area contributed by atoms with Crippen LogP contribution in [0.15, 0.2) is 35.5 Å². The Labute approximate surface area is 160 Å². The number of alkyl halides is 3. The zero-order valence-electron chi connectivity index (χ0n) is 14.9. The van der Waals surface area contributed by atoms with Crippen molar-refractivity contribution in [3.05, 3.63) is 46.6 Å². The zero-order valence-corrected chi connectivity index (χ0v) is 15.6. The maximum Gasteiger partial charge on any atom is 0.417 e. The molecule has 0 aliphatic heterocycles. The highest BCUT2D eigenvalue weighted by Crippen LogP contribution is 2.37. The maximum absolute atomic E-state index is 12.9. The van der Waals surface area contributed by atoms with Gasteiger partial charge in [-0.05, 0) is 38.1 Å². The van der Waals surface area contributed by atoms with Crippen molar-refractivity contribution in [3.8, 4) is 24.0 Å². The predicted molar refractivity (Wildman–Crippen MR) is 99.7 cm³/mol. The number of ether oxygens (including phenoxy) is 1. The van der Waals surface area contributed by atoms with Crippen LogP contribution in [0.2, 0.25) is 5.02 Å². The van der Waals surface area contributed by atoms with E-state index >= 15 is 0 Å². The van der Waals surface area contributed by atoms with E-state index < -0.39 is 16.8 Å². The third-order valence-corrected chi connectivity index (χ3v) is 4.04. The van der Waals surface area contributed by atoms with Gasteiger partial charge in [0.25, 0.3) is 0 Å². The predicted octanol–water partition coefficient (Wildman–Crippen LogP) is 5.47. The van der Waals surface area contributed by atoms with Crippen molar-refractivity contribution in [1.29, 1.82) is 0 Å². The van der Waals surface area contributed by atoms with E-state index in [1.165, 1.54) is 12.3 Å². The summed E-state index contributed by atoms with van der Waals surface area (Å²) in [6.07, 6.45) is 3.81. The number of benzene rings is 1. The van der Waals surface area contributed by atoms with Gasteiger partial charge in [0.2, 0.25) is 5.88 Å². The topological polar surface area (TPSA) is 37.7 Å². The van der Waals surface area contributed by atoms with Crippen molar-refractivity contribution in [2.24, 2.45) is 4.99 Å². The minimum Gasteiger partial charge on any atom is -0.439 e. The van der Waals surface area contributed by atoms with Crippen LogP contribution >= 0.6 is 11.6 Å². The van der Waals surface area contributed by atoms with Gasteiger partial charge < -0.3 is 9.64 Å². The molecule has 2 aromatic rings. The van der Waals surface area contributed by atoms with Crippen molar-refractivity contribution in [1.82, 2.24) is 9.88 Å². The van der Waals surface area contributed by atoms with Crippen LogP contribution in [0, 0.1) is 19.3 Å². The van der Waals surface area contributed by atoms with Gasteiger partial charge in [0.1, 0.15) is 5.75 Å². The molecule has 0 spiro atoms. The second-order valence-electron chi connectivity index (χ2n) is 5.81. The molecule has 0 aliphatic carbocycles. The Morgan fingerprint density at radius 3 is 2.67 bits per heavy atom. The van der Waals surface area contributed by atoms with Crippen molar-refractivity contribution in [2.45, 2.75) is 26.1 Å². The van der Waals surface area contributed by atoms with E-state index in [0.29, 0.717) is 11.3 Å². The molecule has 142 valence electrons. The number of hydrogen-bond donors (Lipinski definition) is 0. The summed E-state index contributed by atoms with van der Waals surface area (Å²) in [5, 5.41) is -0.394. The van der Waals surface area contributed by atoms with Gasteiger partial charge in [-0.15, -0.1) is 6.42 Å². The van der Waals surface area contributed by atoms with Crippen molar-refractivity contribution in [3.63, 3.8) is 0 Å². The lowest BCUT2D eigenvalue weighted by Gasteiger charge is -2.16. The molecule has 1 aromatic heterocycles. The van der Waals surface area contributed by atoms with E-state index in [-0.39, 0.29) is 17.7 Å². The number of aliphatic imine (C=N–C) groups is 1. The molecule has 0 N–H and O–H groups in total. The minimum atomic E-state index is -4.57. The molecule has 4 nitrogen and oxygen atoms in total. The molecular weight excluding hydrogens is 379 g/mol. The summed E-state index contributed by atoms with van der Waals surface area (Å²) in [6, 6.07) is 4.91. The van der Waals surface area contributed by atoms with Crippen molar-refractivity contribution in [2.75, 3.05) is 7.05 Å². The first-order chi connectivity index (χ1) is 12.6.